The van der Waals surface area contributed by atoms with Gasteiger partial charge in [0.15, 0.2) is 0 Å². The molecule has 0 N–H and O–H groups in total. The molecule has 1 aromatic rings. The summed E-state index contributed by atoms with van der Waals surface area (Å²) in [5.41, 5.74) is 3.97. The van der Waals surface area contributed by atoms with Crippen LogP contribution in [0.15, 0.2) is 42.5 Å². The van der Waals surface area contributed by atoms with Gasteiger partial charge in [-0.25, -0.2) is 0 Å². The monoisotopic (exact) mass is 186 g/mol. The Morgan fingerprint density at radius 3 is 2.21 bits per heavy atom. The van der Waals surface area contributed by atoms with Crippen molar-refractivity contribution >= 4 is 5.57 Å². The van der Waals surface area contributed by atoms with Crippen LogP contribution in [0.5, 0.6) is 0 Å². The van der Waals surface area contributed by atoms with Gasteiger partial charge >= 0.3 is 0 Å². The Labute approximate surface area is 87.0 Å². The van der Waals surface area contributed by atoms with Crippen LogP contribution in [-0.4, -0.2) is 0 Å². The van der Waals surface area contributed by atoms with Gasteiger partial charge in [-0.3, -0.25) is 0 Å². The number of hydrogen-bond donors (Lipinski definition) is 0. The third-order valence-corrected chi connectivity index (χ3v) is 2.35. The molecule has 1 aromatic carbocycles. The Hall–Kier alpha value is -1.30. The maximum Gasteiger partial charge on any atom is -0.0187 e. The van der Waals surface area contributed by atoms with Crippen LogP contribution < -0.4 is 0 Å². The SMILES string of the molecule is C/C=C\C(=C/C)c1ccc(CC)cc1. The fourth-order valence-electron chi connectivity index (χ4n) is 1.47. The van der Waals surface area contributed by atoms with Gasteiger partial charge in [0.2, 0.25) is 0 Å². The van der Waals surface area contributed by atoms with E-state index in [1.807, 2.05) is 6.92 Å². The number of benzene rings is 1. The predicted octanol–water partition coefficient (Wildman–Crippen LogP) is 4.23. The van der Waals surface area contributed by atoms with E-state index in [4.69, 9.17) is 0 Å². The Morgan fingerprint density at radius 1 is 1.14 bits per heavy atom. The van der Waals surface area contributed by atoms with Crippen molar-refractivity contribution in [2.45, 2.75) is 27.2 Å². The fourth-order valence-corrected chi connectivity index (χ4v) is 1.47. The summed E-state index contributed by atoms with van der Waals surface area (Å²) in [6, 6.07) is 8.77. The second-order valence-corrected chi connectivity index (χ2v) is 3.29. The molecule has 0 aliphatic heterocycles. The highest BCUT2D eigenvalue weighted by atomic mass is 14.0. The summed E-state index contributed by atoms with van der Waals surface area (Å²) in [5.74, 6) is 0. The van der Waals surface area contributed by atoms with E-state index in [0.29, 0.717) is 0 Å². The highest BCUT2D eigenvalue weighted by Crippen LogP contribution is 2.16. The highest BCUT2D eigenvalue weighted by molar-refractivity contribution is 5.73. The number of hydrogen-bond acceptors (Lipinski definition) is 0. The van der Waals surface area contributed by atoms with Crippen LogP contribution in [0.1, 0.15) is 31.9 Å². The Morgan fingerprint density at radius 2 is 1.79 bits per heavy atom. The molecule has 0 aliphatic carbocycles. The molecular formula is C14H18. The van der Waals surface area contributed by atoms with Crippen molar-refractivity contribution in [2.75, 3.05) is 0 Å². The maximum atomic E-state index is 2.20. The predicted molar refractivity (Wildman–Crippen MR) is 64.3 cm³/mol. The Balaban J connectivity index is 2.96. The van der Waals surface area contributed by atoms with Crippen LogP contribution in [0.3, 0.4) is 0 Å². The standard InChI is InChI=1S/C14H18/c1-4-7-13(6-3)14-10-8-12(5-2)9-11-14/h4,6-11H,5H2,1-3H3/b7-4-,13-6+. The second-order valence-electron chi connectivity index (χ2n) is 3.29. The topological polar surface area (TPSA) is 0 Å². The molecule has 1 rings (SSSR count). The lowest BCUT2D eigenvalue weighted by Crippen LogP contribution is -1.83. The summed E-state index contributed by atoms with van der Waals surface area (Å²) in [6.07, 6.45) is 7.46. The van der Waals surface area contributed by atoms with Gasteiger partial charge in [0, 0.05) is 0 Å². The fraction of sp³-hybridized carbons (Fsp3) is 0.286. The van der Waals surface area contributed by atoms with Gasteiger partial charge in [-0.15, -0.1) is 0 Å². The minimum Gasteiger partial charge on any atom is -0.0871 e. The van der Waals surface area contributed by atoms with E-state index in [1.54, 1.807) is 0 Å². The van der Waals surface area contributed by atoms with Gasteiger partial charge in [0.05, 0.1) is 0 Å². The van der Waals surface area contributed by atoms with Crippen LogP contribution in [0.4, 0.5) is 0 Å². The van der Waals surface area contributed by atoms with Crippen molar-refractivity contribution < 1.29 is 0 Å². The average Bonchev–Trinajstić information content (AvgIpc) is 2.26. The van der Waals surface area contributed by atoms with E-state index in [1.165, 1.54) is 16.7 Å². The van der Waals surface area contributed by atoms with E-state index >= 15 is 0 Å². The molecule has 0 bridgehead atoms. The molecule has 0 nitrogen and oxygen atoms in total. The molecule has 0 saturated carbocycles. The average molecular weight is 186 g/mol. The minimum atomic E-state index is 1.11. The first kappa shape index (κ1) is 10.8. The summed E-state index contributed by atoms with van der Waals surface area (Å²) < 4.78 is 0. The molecule has 0 saturated heterocycles. The molecule has 0 aromatic heterocycles. The lowest BCUT2D eigenvalue weighted by molar-refractivity contribution is 1.14. The molecule has 0 unspecified atom stereocenters. The molecule has 0 heterocycles. The summed E-state index contributed by atoms with van der Waals surface area (Å²) in [7, 11) is 0. The van der Waals surface area contributed by atoms with Gasteiger partial charge < -0.3 is 0 Å². The largest absolute Gasteiger partial charge is 0.0871 e. The molecule has 74 valence electrons. The van der Waals surface area contributed by atoms with Gasteiger partial charge in [0.25, 0.3) is 0 Å². The van der Waals surface area contributed by atoms with Crippen molar-refractivity contribution in [1.82, 2.24) is 0 Å². The van der Waals surface area contributed by atoms with E-state index in [-0.39, 0.29) is 0 Å². The third-order valence-electron chi connectivity index (χ3n) is 2.35. The van der Waals surface area contributed by atoms with Crippen molar-refractivity contribution in [1.29, 1.82) is 0 Å². The zero-order valence-corrected chi connectivity index (χ0v) is 9.25. The van der Waals surface area contributed by atoms with Gasteiger partial charge in [-0.05, 0) is 37.0 Å². The van der Waals surface area contributed by atoms with Crippen LogP contribution in [0.2, 0.25) is 0 Å². The molecule has 14 heavy (non-hydrogen) atoms. The Bertz CT molecular complexity index is 326. The van der Waals surface area contributed by atoms with Crippen molar-refractivity contribution in [3.63, 3.8) is 0 Å². The molecule has 0 fully saturated rings. The second kappa shape index (κ2) is 5.43. The zero-order chi connectivity index (χ0) is 10.4. The first-order valence-corrected chi connectivity index (χ1v) is 5.20. The van der Waals surface area contributed by atoms with E-state index in [2.05, 4.69) is 56.3 Å². The summed E-state index contributed by atoms with van der Waals surface area (Å²) in [4.78, 5) is 0. The van der Waals surface area contributed by atoms with E-state index < -0.39 is 0 Å². The maximum absolute atomic E-state index is 2.20. The lowest BCUT2D eigenvalue weighted by atomic mass is 10.0. The van der Waals surface area contributed by atoms with Gasteiger partial charge in [0.1, 0.15) is 0 Å². The number of aryl methyl sites for hydroxylation is 1. The van der Waals surface area contributed by atoms with E-state index in [9.17, 15) is 0 Å². The van der Waals surface area contributed by atoms with Crippen molar-refractivity contribution in [2.24, 2.45) is 0 Å². The molecule has 0 aliphatic rings. The summed E-state index contributed by atoms with van der Waals surface area (Å²) in [6.45, 7) is 6.30. The quantitative estimate of drug-likeness (QED) is 0.620. The molecule has 0 heteroatoms. The summed E-state index contributed by atoms with van der Waals surface area (Å²) in [5, 5.41) is 0. The van der Waals surface area contributed by atoms with Gasteiger partial charge in [-0.1, -0.05) is 49.4 Å². The molecule has 0 radical (unpaired) electrons. The smallest absolute Gasteiger partial charge is 0.0187 e. The minimum absolute atomic E-state index is 1.11. The van der Waals surface area contributed by atoms with Crippen LogP contribution in [-0.2, 0) is 6.42 Å². The first-order chi connectivity index (χ1) is 6.81. The van der Waals surface area contributed by atoms with Crippen LogP contribution >= 0.6 is 0 Å². The molecule has 0 amide bonds. The third kappa shape index (κ3) is 2.59. The van der Waals surface area contributed by atoms with Crippen molar-refractivity contribution in [3.05, 3.63) is 53.6 Å². The first-order valence-electron chi connectivity index (χ1n) is 5.20. The summed E-state index contributed by atoms with van der Waals surface area (Å²) >= 11 is 0. The number of rotatable bonds is 3. The van der Waals surface area contributed by atoms with Gasteiger partial charge in [-0.2, -0.15) is 0 Å². The Kier molecular flexibility index (Phi) is 4.18. The number of allylic oxidation sites excluding steroid dienone is 4. The van der Waals surface area contributed by atoms with E-state index in [0.717, 1.165) is 6.42 Å². The molecule has 0 spiro atoms. The van der Waals surface area contributed by atoms with Crippen LogP contribution in [0, 0.1) is 0 Å². The highest BCUT2D eigenvalue weighted by Gasteiger charge is 1.95. The normalized spacial score (nSPS) is 12.4. The molecular weight excluding hydrogens is 168 g/mol. The molecule has 0 atom stereocenters. The van der Waals surface area contributed by atoms with Crippen LogP contribution in [0.25, 0.3) is 5.57 Å². The zero-order valence-electron chi connectivity index (χ0n) is 9.25. The lowest BCUT2D eigenvalue weighted by Gasteiger charge is -2.03. The van der Waals surface area contributed by atoms with Crippen molar-refractivity contribution in [3.8, 4) is 0 Å².